The molecule has 2 N–H and O–H groups in total. The molecule has 0 atom stereocenters. The number of rotatable bonds is 4. The van der Waals surface area contributed by atoms with Crippen molar-refractivity contribution in [1.82, 2.24) is 9.97 Å². The molecule has 3 rings (SSSR count). The van der Waals surface area contributed by atoms with Gasteiger partial charge in [-0.15, -0.1) is 0 Å². The first kappa shape index (κ1) is 15.6. The van der Waals surface area contributed by atoms with Gasteiger partial charge in [0.05, 0.1) is 22.7 Å². The number of H-pyrrole nitrogens is 1. The van der Waals surface area contributed by atoms with E-state index in [-0.39, 0.29) is 12.0 Å². The molecule has 0 aliphatic carbocycles. The number of hydrogen-bond acceptors (Lipinski definition) is 3. The zero-order valence-corrected chi connectivity index (χ0v) is 14.3. The fourth-order valence-electron chi connectivity index (χ4n) is 2.22. The monoisotopic (exact) mass is 373 g/mol. The lowest BCUT2D eigenvalue weighted by molar-refractivity contribution is 0.102. The maximum atomic E-state index is 12.5. The first-order valence-electron chi connectivity index (χ1n) is 7.25. The number of nitrogens with zero attached hydrogens (tertiary/aromatic N) is 1. The van der Waals surface area contributed by atoms with Crippen molar-refractivity contribution in [3.05, 3.63) is 52.5 Å². The minimum Gasteiger partial charge on any atom is -0.490 e. The lowest BCUT2D eigenvalue weighted by Crippen LogP contribution is -2.16. The number of para-hydroxylation sites is 2. The number of amides is 1. The fourth-order valence-corrected chi connectivity index (χ4v) is 2.56. The highest BCUT2D eigenvalue weighted by molar-refractivity contribution is 9.10. The number of carbonyl (C=O) groups excluding carboxylic acids is 1. The number of aromatic nitrogens is 2. The van der Waals surface area contributed by atoms with Crippen molar-refractivity contribution >= 4 is 38.8 Å². The van der Waals surface area contributed by atoms with Crippen LogP contribution in [0.15, 0.2) is 46.9 Å². The molecule has 0 saturated heterocycles. The average Bonchev–Trinajstić information content (AvgIpc) is 2.88. The van der Waals surface area contributed by atoms with Gasteiger partial charge in [0.1, 0.15) is 5.75 Å². The number of fused-ring (bicyclic) bond motifs is 1. The third kappa shape index (κ3) is 3.53. The Morgan fingerprint density at radius 3 is 2.78 bits per heavy atom. The number of aromatic amines is 1. The van der Waals surface area contributed by atoms with E-state index in [2.05, 4.69) is 31.2 Å². The molecule has 0 aliphatic heterocycles. The fraction of sp³-hybridized carbons (Fsp3) is 0.176. The Balaban J connectivity index is 1.88. The minimum absolute atomic E-state index is 0.0259. The summed E-state index contributed by atoms with van der Waals surface area (Å²) in [7, 11) is 0. The van der Waals surface area contributed by atoms with Gasteiger partial charge in [0.2, 0.25) is 5.95 Å². The van der Waals surface area contributed by atoms with Gasteiger partial charge in [-0.3, -0.25) is 10.1 Å². The third-order valence-corrected chi connectivity index (χ3v) is 3.67. The molecule has 1 amide bonds. The summed E-state index contributed by atoms with van der Waals surface area (Å²) in [5.41, 5.74) is 2.14. The van der Waals surface area contributed by atoms with Crippen LogP contribution < -0.4 is 10.1 Å². The maximum absolute atomic E-state index is 12.5. The number of benzene rings is 2. The van der Waals surface area contributed by atoms with Crippen LogP contribution in [0, 0.1) is 0 Å². The molecule has 1 aromatic heterocycles. The van der Waals surface area contributed by atoms with E-state index >= 15 is 0 Å². The molecule has 6 heteroatoms. The lowest BCUT2D eigenvalue weighted by atomic mass is 10.2. The highest BCUT2D eigenvalue weighted by atomic mass is 79.9. The molecule has 1 heterocycles. The van der Waals surface area contributed by atoms with E-state index in [0.717, 1.165) is 15.5 Å². The molecule has 0 fully saturated rings. The van der Waals surface area contributed by atoms with Gasteiger partial charge in [-0.2, -0.15) is 0 Å². The highest BCUT2D eigenvalue weighted by Gasteiger charge is 2.16. The zero-order valence-electron chi connectivity index (χ0n) is 12.8. The first-order chi connectivity index (χ1) is 11.0. The molecule has 23 heavy (non-hydrogen) atoms. The molecule has 0 unspecified atom stereocenters. The molecular weight excluding hydrogens is 358 g/mol. The molecule has 0 aliphatic rings. The average molecular weight is 374 g/mol. The molecule has 118 valence electrons. The maximum Gasteiger partial charge on any atom is 0.261 e. The van der Waals surface area contributed by atoms with Gasteiger partial charge in [-0.25, -0.2) is 4.98 Å². The molecule has 0 spiro atoms. The molecular formula is C17H16BrN3O2. The second-order valence-electron chi connectivity index (χ2n) is 5.36. The van der Waals surface area contributed by atoms with E-state index in [0.29, 0.717) is 17.3 Å². The van der Waals surface area contributed by atoms with E-state index in [9.17, 15) is 4.79 Å². The summed E-state index contributed by atoms with van der Waals surface area (Å²) >= 11 is 3.40. The normalized spacial score (nSPS) is 11.0. The van der Waals surface area contributed by atoms with E-state index in [1.54, 1.807) is 18.2 Å². The van der Waals surface area contributed by atoms with Crippen LogP contribution in [0.3, 0.4) is 0 Å². The van der Waals surface area contributed by atoms with E-state index < -0.39 is 0 Å². The molecule has 5 nitrogen and oxygen atoms in total. The molecule has 3 aromatic rings. The summed E-state index contributed by atoms with van der Waals surface area (Å²) in [4.78, 5) is 20.0. The van der Waals surface area contributed by atoms with Crippen molar-refractivity contribution in [1.29, 1.82) is 0 Å². The van der Waals surface area contributed by atoms with Gasteiger partial charge >= 0.3 is 0 Å². The Labute approximate surface area is 142 Å². The summed E-state index contributed by atoms with van der Waals surface area (Å²) in [6.45, 7) is 3.84. The number of imidazole rings is 1. The minimum atomic E-state index is -0.271. The number of ether oxygens (including phenoxy) is 1. The smallest absolute Gasteiger partial charge is 0.261 e. The summed E-state index contributed by atoms with van der Waals surface area (Å²) in [6, 6.07) is 12.9. The van der Waals surface area contributed by atoms with Crippen molar-refractivity contribution in [3.8, 4) is 5.75 Å². The molecule has 0 radical (unpaired) electrons. The van der Waals surface area contributed by atoms with Crippen LogP contribution in [0.5, 0.6) is 5.75 Å². The van der Waals surface area contributed by atoms with Crippen LogP contribution in [-0.2, 0) is 0 Å². The predicted molar refractivity (Wildman–Crippen MR) is 94.0 cm³/mol. The number of hydrogen-bond donors (Lipinski definition) is 2. The van der Waals surface area contributed by atoms with Crippen LogP contribution in [0.25, 0.3) is 11.0 Å². The van der Waals surface area contributed by atoms with Gasteiger partial charge in [0, 0.05) is 4.47 Å². The highest BCUT2D eigenvalue weighted by Crippen LogP contribution is 2.26. The van der Waals surface area contributed by atoms with Crippen LogP contribution in [0.4, 0.5) is 5.95 Å². The van der Waals surface area contributed by atoms with E-state index in [1.165, 1.54) is 0 Å². The summed E-state index contributed by atoms with van der Waals surface area (Å²) < 4.78 is 6.58. The second kappa shape index (κ2) is 6.42. The third-order valence-electron chi connectivity index (χ3n) is 3.17. The topological polar surface area (TPSA) is 67.0 Å². The summed E-state index contributed by atoms with van der Waals surface area (Å²) in [6.07, 6.45) is -0.0259. The van der Waals surface area contributed by atoms with Crippen molar-refractivity contribution in [2.45, 2.75) is 20.0 Å². The summed E-state index contributed by atoms with van der Waals surface area (Å²) in [5.74, 6) is 0.671. The molecule has 2 aromatic carbocycles. The van der Waals surface area contributed by atoms with Crippen molar-refractivity contribution in [2.24, 2.45) is 0 Å². The Morgan fingerprint density at radius 2 is 2.04 bits per heavy atom. The summed E-state index contributed by atoms with van der Waals surface area (Å²) in [5, 5.41) is 2.78. The van der Waals surface area contributed by atoms with Crippen LogP contribution >= 0.6 is 15.9 Å². The Kier molecular flexibility index (Phi) is 4.34. The lowest BCUT2D eigenvalue weighted by Gasteiger charge is -2.14. The largest absolute Gasteiger partial charge is 0.490 e. The standard InChI is InChI=1S/C17H16BrN3O2/c1-10(2)23-15-9-11(18)7-8-12(15)16(22)21-17-19-13-5-3-4-6-14(13)20-17/h3-10H,1-2H3,(H2,19,20,21,22). The number of nitrogens with one attached hydrogen (secondary N) is 2. The Hall–Kier alpha value is -2.34. The number of anilines is 1. The van der Waals surface area contributed by atoms with Gasteiger partial charge in [-0.1, -0.05) is 28.1 Å². The molecule has 0 bridgehead atoms. The van der Waals surface area contributed by atoms with Crippen molar-refractivity contribution in [2.75, 3.05) is 5.32 Å². The quantitative estimate of drug-likeness (QED) is 0.713. The first-order valence-corrected chi connectivity index (χ1v) is 8.04. The van der Waals surface area contributed by atoms with Crippen molar-refractivity contribution in [3.63, 3.8) is 0 Å². The van der Waals surface area contributed by atoms with Gasteiger partial charge in [-0.05, 0) is 44.2 Å². The predicted octanol–water partition coefficient (Wildman–Crippen LogP) is 4.36. The van der Waals surface area contributed by atoms with Crippen LogP contribution in [0.1, 0.15) is 24.2 Å². The number of carbonyl (C=O) groups is 1. The zero-order chi connectivity index (χ0) is 16.4. The number of halogens is 1. The SMILES string of the molecule is CC(C)Oc1cc(Br)ccc1C(=O)Nc1nc2ccccc2[nH]1. The van der Waals surface area contributed by atoms with E-state index in [4.69, 9.17) is 4.74 Å². The van der Waals surface area contributed by atoms with Crippen LogP contribution in [-0.4, -0.2) is 22.0 Å². The second-order valence-corrected chi connectivity index (χ2v) is 6.28. The van der Waals surface area contributed by atoms with Crippen molar-refractivity contribution < 1.29 is 9.53 Å². The molecule has 0 saturated carbocycles. The Bertz CT molecular complexity index is 825. The van der Waals surface area contributed by atoms with Gasteiger partial charge in [0.15, 0.2) is 0 Å². The van der Waals surface area contributed by atoms with Crippen LogP contribution in [0.2, 0.25) is 0 Å². The Morgan fingerprint density at radius 1 is 1.26 bits per heavy atom. The van der Waals surface area contributed by atoms with Gasteiger partial charge < -0.3 is 9.72 Å². The van der Waals surface area contributed by atoms with E-state index in [1.807, 2.05) is 38.1 Å². The van der Waals surface area contributed by atoms with Gasteiger partial charge in [0.25, 0.3) is 5.91 Å².